The van der Waals surface area contributed by atoms with Crippen LogP contribution in [0.25, 0.3) is 0 Å². The molecule has 1 N–H and O–H groups in total. The maximum absolute atomic E-state index is 13.7. The third kappa shape index (κ3) is 4.50. The van der Waals surface area contributed by atoms with E-state index in [2.05, 4.69) is 37.4 Å². The predicted molar refractivity (Wildman–Crippen MR) is 130 cm³/mol. The molecular weight excluding hydrogens is 396 g/mol. The lowest BCUT2D eigenvalue weighted by Gasteiger charge is -2.47. The molecule has 0 radical (unpaired) electrons. The minimum Gasteiger partial charge on any atom is -0.493 e. The number of nitrogens with zero attached hydrogens (tertiary/aromatic N) is 1. The Labute approximate surface area is 191 Å². The summed E-state index contributed by atoms with van der Waals surface area (Å²) in [5.74, 6) is 0.870. The zero-order valence-electron chi connectivity index (χ0n) is 19.0. The van der Waals surface area contributed by atoms with Crippen molar-refractivity contribution in [1.82, 2.24) is 4.90 Å². The zero-order valence-corrected chi connectivity index (χ0v) is 19.0. The number of para-hydroxylation sites is 2. The summed E-state index contributed by atoms with van der Waals surface area (Å²) in [6, 6.07) is 26.2. The molecule has 4 heteroatoms. The Balaban J connectivity index is 1.69. The van der Waals surface area contributed by atoms with E-state index in [1.54, 1.807) is 0 Å². The molecule has 0 fully saturated rings. The number of rotatable bonds is 9. The quantitative estimate of drug-likeness (QED) is 0.410. The predicted octanol–water partition coefficient (Wildman–Crippen LogP) is 6.24. The number of hydrogen-bond acceptors (Lipinski definition) is 3. The van der Waals surface area contributed by atoms with Crippen molar-refractivity contribution >= 4 is 11.6 Å². The highest BCUT2D eigenvalue weighted by molar-refractivity contribution is 6.02. The van der Waals surface area contributed by atoms with Crippen LogP contribution >= 0.6 is 0 Å². The van der Waals surface area contributed by atoms with Gasteiger partial charge < -0.3 is 15.0 Å². The summed E-state index contributed by atoms with van der Waals surface area (Å²) in [5.41, 5.74) is 3.04. The van der Waals surface area contributed by atoms with E-state index in [0.29, 0.717) is 18.7 Å². The van der Waals surface area contributed by atoms with Crippen LogP contribution in [-0.2, 0) is 12.1 Å². The average Bonchev–Trinajstić information content (AvgIpc) is 2.82. The van der Waals surface area contributed by atoms with Crippen LogP contribution in [0.4, 0.5) is 5.69 Å². The van der Waals surface area contributed by atoms with E-state index in [-0.39, 0.29) is 5.91 Å². The fourth-order valence-electron chi connectivity index (χ4n) is 4.41. The van der Waals surface area contributed by atoms with Crippen molar-refractivity contribution in [3.63, 3.8) is 0 Å². The van der Waals surface area contributed by atoms with Crippen LogP contribution in [0.15, 0.2) is 78.9 Å². The Morgan fingerprint density at radius 3 is 2.44 bits per heavy atom. The van der Waals surface area contributed by atoms with Crippen molar-refractivity contribution in [3.8, 4) is 5.75 Å². The highest BCUT2D eigenvalue weighted by Gasteiger charge is 2.43. The van der Waals surface area contributed by atoms with Crippen LogP contribution in [0.5, 0.6) is 5.75 Å². The van der Waals surface area contributed by atoms with Gasteiger partial charge >= 0.3 is 0 Å². The number of ether oxygens (including phenoxy) is 1. The maximum Gasteiger partial charge on any atom is 0.258 e. The number of hydrogen-bond donors (Lipinski definition) is 1. The van der Waals surface area contributed by atoms with Gasteiger partial charge in [0.05, 0.1) is 12.2 Å². The van der Waals surface area contributed by atoms with Crippen LogP contribution in [0.3, 0.4) is 0 Å². The second-order valence-electron chi connectivity index (χ2n) is 8.49. The molecule has 0 saturated carbocycles. The zero-order chi connectivity index (χ0) is 22.4. The molecule has 1 aliphatic rings. The third-order valence-corrected chi connectivity index (χ3v) is 6.20. The first-order chi connectivity index (χ1) is 15.6. The Morgan fingerprint density at radius 2 is 1.62 bits per heavy atom. The molecule has 1 unspecified atom stereocenters. The first kappa shape index (κ1) is 21.9. The van der Waals surface area contributed by atoms with Crippen LogP contribution in [0.2, 0.25) is 0 Å². The van der Waals surface area contributed by atoms with Gasteiger partial charge in [-0.15, -0.1) is 0 Å². The fraction of sp³-hybridized carbons (Fsp3) is 0.321. The molecule has 0 saturated heterocycles. The van der Waals surface area contributed by atoms with Gasteiger partial charge in [0.25, 0.3) is 5.91 Å². The van der Waals surface area contributed by atoms with Gasteiger partial charge in [-0.25, -0.2) is 0 Å². The largest absolute Gasteiger partial charge is 0.493 e. The Morgan fingerprint density at radius 1 is 0.906 bits per heavy atom. The van der Waals surface area contributed by atoms with Gasteiger partial charge in [0, 0.05) is 17.8 Å². The van der Waals surface area contributed by atoms with E-state index in [1.165, 1.54) is 5.56 Å². The van der Waals surface area contributed by atoms with Crippen molar-refractivity contribution < 1.29 is 9.53 Å². The summed E-state index contributed by atoms with van der Waals surface area (Å²) in [4.78, 5) is 15.6. The first-order valence-corrected chi connectivity index (χ1v) is 11.6. The maximum atomic E-state index is 13.7. The van der Waals surface area contributed by atoms with E-state index < -0.39 is 5.66 Å². The summed E-state index contributed by atoms with van der Waals surface area (Å²) in [6.45, 7) is 5.55. The molecule has 0 aliphatic carbocycles. The summed E-state index contributed by atoms with van der Waals surface area (Å²) in [7, 11) is 0. The average molecular weight is 429 g/mol. The third-order valence-electron chi connectivity index (χ3n) is 6.20. The molecule has 0 bridgehead atoms. The molecule has 4 rings (SSSR count). The van der Waals surface area contributed by atoms with Gasteiger partial charge in [-0.05, 0) is 43.5 Å². The van der Waals surface area contributed by atoms with Crippen LogP contribution < -0.4 is 10.1 Å². The SMILES string of the molecule is CCCCCOc1ccccc1C1(C)Nc2ccccc2C(=O)N1CCc1ccccc1. The molecule has 1 atom stereocenters. The van der Waals surface area contributed by atoms with Gasteiger partial charge in [-0.2, -0.15) is 0 Å². The lowest BCUT2D eigenvalue weighted by molar-refractivity contribution is 0.0532. The van der Waals surface area contributed by atoms with Crippen molar-refractivity contribution in [2.75, 3.05) is 18.5 Å². The number of amides is 1. The van der Waals surface area contributed by atoms with Gasteiger partial charge in [0.1, 0.15) is 11.4 Å². The molecule has 166 valence electrons. The molecule has 1 aliphatic heterocycles. The monoisotopic (exact) mass is 428 g/mol. The highest BCUT2D eigenvalue weighted by Crippen LogP contribution is 2.41. The number of carbonyl (C=O) groups excluding carboxylic acids is 1. The smallest absolute Gasteiger partial charge is 0.258 e. The molecule has 0 aromatic heterocycles. The molecule has 0 spiro atoms. The minimum atomic E-state index is -0.721. The molecule has 32 heavy (non-hydrogen) atoms. The lowest BCUT2D eigenvalue weighted by Crippen LogP contribution is -2.56. The minimum absolute atomic E-state index is 0.0403. The Kier molecular flexibility index (Phi) is 6.79. The van der Waals surface area contributed by atoms with Crippen molar-refractivity contribution in [1.29, 1.82) is 0 Å². The number of anilines is 1. The summed E-state index contributed by atoms with van der Waals surface area (Å²) in [6.07, 6.45) is 4.11. The van der Waals surface area contributed by atoms with E-state index in [1.807, 2.05) is 65.6 Å². The van der Waals surface area contributed by atoms with Gasteiger partial charge in [0.2, 0.25) is 0 Å². The van der Waals surface area contributed by atoms with E-state index in [4.69, 9.17) is 4.74 Å². The summed E-state index contributed by atoms with van der Waals surface area (Å²) in [5, 5.41) is 3.67. The molecular formula is C28H32N2O2. The van der Waals surface area contributed by atoms with Crippen molar-refractivity contribution in [3.05, 3.63) is 95.6 Å². The van der Waals surface area contributed by atoms with E-state index in [9.17, 15) is 4.79 Å². The normalized spacial score (nSPS) is 17.6. The number of nitrogens with one attached hydrogen (secondary N) is 1. The number of unbranched alkanes of at least 4 members (excludes halogenated alkanes) is 2. The summed E-state index contributed by atoms with van der Waals surface area (Å²) < 4.78 is 6.21. The second-order valence-corrected chi connectivity index (χ2v) is 8.49. The Hall–Kier alpha value is -3.27. The molecule has 1 amide bonds. The van der Waals surface area contributed by atoms with Gasteiger partial charge in [-0.3, -0.25) is 4.79 Å². The van der Waals surface area contributed by atoms with E-state index in [0.717, 1.165) is 42.7 Å². The topological polar surface area (TPSA) is 41.6 Å². The number of fused-ring (bicyclic) bond motifs is 1. The highest BCUT2D eigenvalue weighted by atomic mass is 16.5. The van der Waals surface area contributed by atoms with Gasteiger partial charge in [-0.1, -0.05) is 80.4 Å². The second kappa shape index (κ2) is 9.90. The van der Waals surface area contributed by atoms with Gasteiger partial charge in [0.15, 0.2) is 0 Å². The molecule has 3 aromatic carbocycles. The molecule has 4 nitrogen and oxygen atoms in total. The van der Waals surface area contributed by atoms with Crippen LogP contribution in [0, 0.1) is 0 Å². The first-order valence-electron chi connectivity index (χ1n) is 11.6. The number of benzene rings is 3. The molecule has 1 heterocycles. The van der Waals surface area contributed by atoms with Crippen LogP contribution in [-0.4, -0.2) is 24.0 Å². The van der Waals surface area contributed by atoms with Crippen LogP contribution in [0.1, 0.15) is 54.6 Å². The summed E-state index contributed by atoms with van der Waals surface area (Å²) >= 11 is 0. The Bertz CT molecular complexity index is 1050. The number of carbonyl (C=O) groups is 1. The standard InChI is InChI=1S/C28H32N2O2/c1-3-4-12-21-32-26-18-11-9-16-24(26)28(2)29-25-17-10-8-15-23(25)27(31)30(28)20-19-22-13-6-5-7-14-22/h5-11,13-18,29H,3-4,12,19-21H2,1-2H3. The fourth-order valence-corrected chi connectivity index (χ4v) is 4.41. The van der Waals surface area contributed by atoms with Crippen molar-refractivity contribution in [2.24, 2.45) is 0 Å². The lowest BCUT2D eigenvalue weighted by atomic mass is 9.92. The van der Waals surface area contributed by atoms with Crippen molar-refractivity contribution in [2.45, 2.75) is 45.2 Å². The molecule has 3 aromatic rings. The van der Waals surface area contributed by atoms with E-state index >= 15 is 0 Å².